The molecule has 0 amide bonds. The minimum atomic E-state index is 0.0695. The largest absolute Gasteiger partial charge is 0.288 e. The monoisotopic (exact) mass is 358 g/mol. The van der Waals surface area contributed by atoms with E-state index in [-0.39, 0.29) is 5.78 Å². The third kappa shape index (κ3) is 2.44. The van der Waals surface area contributed by atoms with E-state index in [1.807, 2.05) is 37.3 Å². The molecule has 0 aliphatic heterocycles. The number of aryl methyl sites for hydroxylation is 1. The highest BCUT2D eigenvalue weighted by Gasteiger charge is 2.13. The van der Waals surface area contributed by atoms with Gasteiger partial charge in [-0.2, -0.15) is 0 Å². The number of thiophene rings is 1. The zero-order valence-electron chi connectivity index (χ0n) is 8.46. The first kappa shape index (κ1) is 12.0. The quantitative estimate of drug-likeness (QED) is 0.703. The molecule has 1 aromatic carbocycles. The molecule has 2 aromatic rings. The Kier molecular flexibility index (Phi) is 3.62. The molecule has 1 heterocycles. The molecular weight excluding hydrogens is 352 g/mol. The lowest BCUT2D eigenvalue weighted by Crippen LogP contribution is -1.98. The normalized spacial score (nSPS) is 10.4. The number of halogens is 2. The van der Waals surface area contributed by atoms with E-state index in [9.17, 15) is 4.79 Å². The Morgan fingerprint density at radius 1 is 1.25 bits per heavy atom. The van der Waals surface area contributed by atoms with Crippen LogP contribution in [0, 0.1) is 6.92 Å². The standard InChI is InChI=1S/C12H8Br2OS/c1-7-3-2-4-8(5-7)11(15)10-6-9(13)12(14)16-10/h2-6H,1H3. The van der Waals surface area contributed by atoms with Crippen molar-refractivity contribution in [3.05, 3.63) is 54.6 Å². The first-order valence-corrected chi connectivity index (χ1v) is 7.04. The SMILES string of the molecule is Cc1cccc(C(=O)c2cc(Br)c(Br)s2)c1. The smallest absolute Gasteiger partial charge is 0.203 e. The number of hydrogen-bond acceptors (Lipinski definition) is 2. The van der Waals surface area contributed by atoms with Crippen LogP contribution in [-0.2, 0) is 0 Å². The molecule has 0 saturated carbocycles. The second kappa shape index (κ2) is 4.82. The molecular formula is C12H8Br2OS. The van der Waals surface area contributed by atoms with E-state index in [1.165, 1.54) is 11.3 Å². The first-order chi connectivity index (χ1) is 7.58. The molecule has 0 aliphatic carbocycles. The molecule has 0 saturated heterocycles. The van der Waals surface area contributed by atoms with Crippen LogP contribution < -0.4 is 0 Å². The minimum Gasteiger partial charge on any atom is -0.288 e. The van der Waals surface area contributed by atoms with Gasteiger partial charge in [0.2, 0.25) is 5.78 Å². The van der Waals surface area contributed by atoms with E-state index >= 15 is 0 Å². The number of hydrogen-bond donors (Lipinski definition) is 0. The summed E-state index contributed by atoms with van der Waals surface area (Å²) >= 11 is 8.22. The van der Waals surface area contributed by atoms with Crippen molar-refractivity contribution in [2.75, 3.05) is 0 Å². The summed E-state index contributed by atoms with van der Waals surface area (Å²) in [4.78, 5) is 12.9. The lowest BCUT2D eigenvalue weighted by molar-refractivity contribution is 0.104. The summed E-state index contributed by atoms with van der Waals surface area (Å²) in [6.07, 6.45) is 0. The molecule has 4 heteroatoms. The van der Waals surface area contributed by atoms with Gasteiger partial charge in [0.25, 0.3) is 0 Å². The summed E-state index contributed by atoms with van der Waals surface area (Å²) in [5, 5.41) is 0. The van der Waals surface area contributed by atoms with Gasteiger partial charge in [-0.05, 0) is 50.9 Å². The molecule has 0 bridgehead atoms. The van der Waals surface area contributed by atoms with Crippen LogP contribution in [0.2, 0.25) is 0 Å². The number of carbonyl (C=O) groups excluding carboxylic acids is 1. The van der Waals surface area contributed by atoms with Gasteiger partial charge < -0.3 is 0 Å². The fourth-order valence-electron chi connectivity index (χ4n) is 1.39. The van der Waals surface area contributed by atoms with Gasteiger partial charge in [-0.1, -0.05) is 23.8 Å². The third-order valence-electron chi connectivity index (χ3n) is 2.15. The topological polar surface area (TPSA) is 17.1 Å². The van der Waals surface area contributed by atoms with Crippen LogP contribution >= 0.6 is 43.2 Å². The molecule has 0 spiro atoms. The molecule has 82 valence electrons. The third-order valence-corrected chi connectivity index (χ3v) is 5.40. The molecule has 16 heavy (non-hydrogen) atoms. The Balaban J connectivity index is 2.39. The Hall–Kier alpha value is -0.450. The molecule has 0 aliphatic rings. The Labute approximate surface area is 115 Å². The van der Waals surface area contributed by atoms with E-state index in [1.54, 1.807) is 0 Å². The predicted octanol–water partition coefficient (Wildman–Crippen LogP) is 4.81. The Bertz CT molecular complexity index is 526. The maximum atomic E-state index is 12.1. The molecule has 0 fully saturated rings. The highest BCUT2D eigenvalue weighted by atomic mass is 79.9. The van der Waals surface area contributed by atoms with Crippen molar-refractivity contribution < 1.29 is 4.79 Å². The zero-order valence-corrected chi connectivity index (χ0v) is 12.4. The molecule has 2 rings (SSSR count). The maximum Gasteiger partial charge on any atom is 0.203 e. The lowest BCUT2D eigenvalue weighted by Gasteiger charge is -1.98. The fraction of sp³-hybridized carbons (Fsp3) is 0.0833. The average molecular weight is 360 g/mol. The van der Waals surface area contributed by atoms with Gasteiger partial charge in [-0.25, -0.2) is 0 Å². The highest BCUT2D eigenvalue weighted by Crippen LogP contribution is 2.33. The summed E-state index contributed by atoms with van der Waals surface area (Å²) in [6, 6.07) is 9.48. The summed E-state index contributed by atoms with van der Waals surface area (Å²) in [7, 11) is 0. The van der Waals surface area contributed by atoms with E-state index in [2.05, 4.69) is 31.9 Å². The van der Waals surface area contributed by atoms with Crippen LogP contribution in [0.25, 0.3) is 0 Å². The van der Waals surface area contributed by atoms with E-state index in [0.29, 0.717) is 0 Å². The number of benzene rings is 1. The molecule has 1 nitrogen and oxygen atoms in total. The summed E-state index contributed by atoms with van der Waals surface area (Å²) in [5.41, 5.74) is 1.83. The summed E-state index contributed by atoms with van der Waals surface area (Å²) < 4.78 is 1.87. The van der Waals surface area contributed by atoms with E-state index in [4.69, 9.17) is 0 Å². The lowest BCUT2D eigenvalue weighted by atomic mass is 10.1. The summed E-state index contributed by atoms with van der Waals surface area (Å²) in [6.45, 7) is 1.98. The van der Waals surface area contributed by atoms with Crippen LogP contribution in [-0.4, -0.2) is 5.78 Å². The number of ketones is 1. The molecule has 0 unspecified atom stereocenters. The average Bonchev–Trinajstić information content (AvgIpc) is 2.58. The van der Waals surface area contributed by atoms with Gasteiger partial charge in [-0.15, -0.1) is 11.3 Å². The second-order valence-electron chi connectivity index (χ2n) is 3.43. The molecule has 0 N–H and O–H groups in total. The van der Waals surface area contributed by atoms with E-state index in [0.717, 1.165) is 24.3 Å². The van der Waals surface area contributed by atoms with Gasteiger partial charge in [0.05, 0.1) is 8.66 Å². The van der Waals surface area contributed by atoms with Gasteiger partial charge in [0, 0.05) is 10.0 Å². The van der Waals surface area contributed by atoms with Crippen LogP contribution in [0.3, 0.4) is 0 Å². The fourth-order valence-corrected chi connectivity index (χ4v) is 3.38. The van der Waals surface area contributed by atoms with Crippen molar-refractivity contribution in [3.63, 3.8) is 0 Å². The maximum absolute atomic E-state index is 12.1. The van der Waals surface area contributed by atoms with Crippen molar-refractivity contribution in [2.24, 2.45) is 0 Å². The van der Waals surface area contributed by atoms with Crippen LogP contribution in [0.5, 0.6) is 0 Å². The summed E-state index contributed by atoms with van der Waals surface area (Å²) in [5.74, 6) is 0.0695. The number of rotatable bonds is 2. The predicted molar refractivity (Wildman–Crippen MR) is 74.3 cm³/mol. The number of carbonyl (C=O) groups is 1. The van der Waals surface area contributed by atoms with Crippen molar-refractivity contribution in [1.82, 2.24) is 0 Å². The molecule has 1 aromatic heterocycles. The van der Waals surface area contributed by atoms with E-state index < -0.39 is 0 Å². The minimum absolute atomic E-state index is 0.0695. The highest BCUT2D eigenvalue weighted by molar-refractivity contribution is 9.13. The van der Waals surface area contributed by atoms with Gasteiger partial charge in [-0.3, -0.25) is 4.79 Å². The van der Waals surface area contributed by atoms with Crippen molar-refractivity contribution in [3.8, 4) is 0 Å². The second-order valence-corrected chi connectivity index (χ2v) is 6.66. The zero-order chi connectivity index (χ0) is 11.7. The van der Waals surface area contributed by atoms with Crippen molar-refractivity contribution in [1.29, 1.82) is 0 Å². The first-order valence-electron chi connectivity index (χ1n) is 4.64. The van der Waals surface area contributed by atoms with Crippen LogP contribution in [0.4, 0.5) is 0 Å². The van der Waals surface area contributed by atoms with Gasteiger partial charge in [0.15, 0.2) is 0 Å². The Morgan fingerprint density at radius 2 is 2.00 bits per heavy atom. The van der Waals surface area contributed by atoms with Crippen molar-refractivity contribution in [2.45, 2.75) is 6.92 Å². The van der Waals surface area contributed by atoms with Crippen LogP contribution in [0.15, 0.2) is 38.6 Å². The molecule has 0 radical (unpaired) electrons. The van der Waals surface area contributed by atoms with Gasteiger partial charge >= 0.3 is 0 Å². The Morgan fingerprint density at radius 3 is 2.56 bits per heavy atom. The van der Waals surface area contributed by atoms with Gasteiger partial charge in [0.1, 0.15) is 0 Å². The van der Waals surface area contributed by atoms with Crippen molar-refractivity contribution >= 4 is 49.0 Å². The molecule has 0 atom stereocenters. The van der Waals surface area contributed by atoms with Crippen LogP contribution in [0.1, 0.15) is 20.8 Å².